The monoisotopic (exact) mass is 325 g/mol. The van der Waals surface area contributed by atoms with Gasteiger partial charge in [-0.1, -0.05) is 34.9 Å². The average Bonchev–Trinajstić information content (AvgIpc) is 2.49. The third-order valence-electron chi connectivity index (χ3n) is 4.29. The van der Waals surface area contributed by atoms with E-state index in [2.05, 4.69) is 11.4 Å². The third kappa shape index (κ3) is 3.74. The lowest BCUT2D eigenvalue weighted by Crippen LogP contribution is -2.28. The zero-order chi connectivity index (χ0) is 14.7. The predicted molar refractivity (Wildman–Crippen MR) is 88.5 cm³/mol. The van der Waals surface area contributed by atoms with Crippen LogP contribution in [0.3, 0.4) is 0 Å². The molecule has 0 fully saturated rings. The largest absolute Gasteiger partial charge is 0.492 e. The lowest BCUT2D eigenvalue weighted by Gasteiger charge is -2.28. The quantitative estimate of drug-likeness (QED) is 0.758. The van der Waals surface area contributed by atoms with Crippen molar-refractivity contribution in [3.05, 3.63) is 39.4 Å². The highest BCUT2D eigenvalue weighted by Gasteiger charge is 2.23. The summed E-state index contributed by atoms with van der Waals surface area (Å²) in [5.41, 5.74) is 2.70. The van der Waals surface area contributed by atoms with E-state index in [1.54, 1.807) is 11.6 Å². The van der Waals surface area contributed by atoms with E-state index in [0.717, 1.165) is 30.7 Å². The predicted octanol–water partition coefficient (Wildman–Crippen LogP) is 5.30. The summed E-state index contributed by atoms with van der Waals surface area (Å²) in [5.74, 6) is 0.793. The Balaban J connectivity index is 1.64. The van der Waals surface area contributed by atoms with Crippen LogP contribution in [0.2, 0.25) is 10.0 Å². The number of hydrogen-bond donors (Lipinski definition) is 1. The Morgan fingerprint density at radius 1 is 1.24 bits per heavy atom. The Bertz CT molecular complexity index is 542. The lowest BCUT2D eigenvalue weighted by molar-refractivity contribution is 0.253. The van der Waals surface area contributed by atoms with Gasteiger partial charge in [-0.25, -0.2) is 0 Å². The van der Waals surface area contributed by atoms with Crippen LogP contribution in [0.5, 0.6) is 5.75 Å². The van der Waals surface area contributed by atoms with E-state index >= 15 is 0 Å². The highest BCUT2D eigenvalue weighted by Crippen LogP contribution is 2.39. The van der Waals surface area contributed by atoms with E-state index in [4.69, 9.17) is 27.9 Å². The molecule has 0 saturated heterocycles. The van der Waals surface area contributed by atoms with Gasteiger partial charge in [0.25, 0.3) is 0 Å². The molecule has 114 valence electrons. The van der Waals surface area contributed by atoms with Crippen LogP contribution in [0.15, 0.2) is 23.8 Å². The van der Waals surface area contributed by atoms with Crippen molar-refractivity contribution >= 4 is 23.2 Å². The van der Waals surface area contributed by atoms with Crippen LogP contribution in [0.1, 0.15) is 50.1 Å². The minimum atomic E-state index is 0.286. The highest BCUT2D eigenvalue weighted by atomic mass is 35.5. The zero-order valence-corrected chi connectivity index (χ0v) is 13.6. The maximum atomic E-state index is 6.22. The van der Waals surface area contributed by atoms with E-state index in [1.807, 2.05) is 6.07 Å². The highest BCUT2D eigenvalue weighted by molar-refractivity contribution is 6.35. The van der Waals surface area contributed by atoms with Gasteiger partial charge in [-0.3, -0.25) is 0 Å². The van der Waals surface area contributed by atoms with Gasteiger partial charge in [0.15, 0.2) is 0 Å². The molecule has 21 heavy (non-hydrogen) atoms. The van der Waals surface area contributed by atoms with Crippen molar-refractivity contribution in [2.45, 2.75) is 44.6 Å². The Morgan fingerprint density at radius 3 is 2.95 bits per heavy atom. The van der Waals surface area contributed by atoms with E-state index in [0.29, 0.717) is 16.7 Å². The Morgan fingerprint density at radius 2 is 2.14 bits per heavy atom. The van der Waals surface area contributed by atoms with Crippen LogP contribution in [0.25, 0.3) is 0 Å². The molecule has 1 atom stereocenters. The van der Waals surface area contributed by atoms with Crippen LogP contribution in [0, 0.1) is 0 Å². The van der Waals surface area contributed by atoms with Crippen LogP contribution >= 0.6 is 23.2 Å². The van der Waals surface area contributed by atoms with Gasteiger partial charge in [0.05, 0.1) is 11.6 Å². The first-order chi connectivity index (χ1) is 10.2. The van der Waals surface area contributed by atoms with Crippen LogP contribution in [0.4, 0.5) is 0 Å². The molecule has 2 aliphatic rings. The van der Waals surface area contributed by atoms with Crippen LogP contribution in [-0.2, 0) is 0 Å². The first-order valence-electron chi connectivity index (χ1n) is 7.77. The minimum Gasteiger partial charge on any atom is -0.492 e. The second-order valence-electron chi connectivity index (χ2n) is 5.81. The van der Waals surface area contributed by atoms with Crippen molar-refractivity contribution in [3.8, 4) is 5.75 Å². The summed E-state index contributed by atoms with van der Waals surface area (Å²) in [7, 11) is 0. The van der Waals surface area contributed by atoms with E-state index < -0.39 is 0 Å². The molecule has 1 aliphatic carbocycles. The number of fused-ring (bicyclic) bond motifs is 1. The van der Waals surface area contributed by atoms with Crippen molar-refractivity contribution in [1.29, 1.82) is 0 Å². The normalized spacial score (nSPS) is 21.4. The fourth-order valence-corrected chi connectivity index (χ4v) is 3.74. The van der Waals surface area contributed by atoms with Gasteiger partial charge >= 0.3 is 0 Å². The number of ether oxygens (including phenoxy) is 1. The van der Waals surface area contributed by atoms with Crippen molar-refractivity contribution in [1.82, 2.24) is 5.32 Å². The van der Waals surface area contributed by atoms with E-state index in [1.165, 1.54) is 25.7 Å². The molecule has 1 N–H and O–H groups in total. The fourth-order valence-electron chi connectivity index (χ4n) is 3.18. The molecule has 3 rings (SSSR count). The molecular weight excluding hydrogens is 305 g/mol. The second kappa shape index (κ2) is 7.04. The topological polar surface area (TPSA) is 21.3 Å². The molecule has 1 aromatic carbocycles. The molecule has 0 bridgehead atoms. The van der Waals surface area contributed by atoms with E-state index in [-0.39, 0.29) is 6.04 Å². The lowest BCUT2D eigenvalue weighted by atomic mass is 9.96. The van der Waals surface area contributed by atoms with Crippen molar-refractivity contribution in [2.75, 3.05) is 13.2 Å². The van der Waals surface area contributed by atoms with E-state index in [9.17, 15) is 0 Å². The molecule has 1 heterocycles. The fraction of sp³-hybridized carbons (Fsp3) is 0.529. The number of allylic oxidation sites excluding steroid dienone is 1. The van der Waals surface area contributed by atoms with Gasteiger partial charge in [-0.05, 0) is 50.8 Å². The van der Waals surface area contributed by atoms with Gasteiger partial charge in [0.1, 0.15) is 5.75 Å². The summed E-state index contributed by atoms with van der Waals surface area (Å²) in [6.07, 6.45) is 9.73. The Labute approximate surface area is 136 Å². The van der Waals surface area contributed by atoms with Gasteiger partial charge in [0.2, 0.25) is 0 Å². The van der Waals surface area contributed by atoms with Crippen molar-refractivity contribution in [3.63, 3.8) is 0 Å². The summed E-state index contributed by atoms with van der Waals surface area (Å²) in [6, 6.07) is 4.01. The van der Waals surface area contributed by atoms with Gasteiger partial charge in [-0.2, -0.15) is 0 Å². The van der Waals surface area contributed by atoms with Gasteiger partial charge in [0, 0.05) is 23.0 Å². The molecule has 1 aliphatic heterocycles. The summed E-state index contributed by atoms with van der Waals surface area (Å²) >= 11 is 12.3. The molecule has 4 heteroatoms. The molecule has 0 aromatic heterocycles. The average molecular weight is 326 g/mol. The zero-order valence-electron chi connectivity index (χ0n) is 12.1. The molecule has 0 radical (unpaired) electrons. The molecule has 0 saturated carbocycles. The SMILES string of the molecule is Clc1cc(Cl)c2c(c1)C(NCCC1=CCCCC1)CCO2. The second-order valence-corrected chi connectivity index (χ2v) is 6.65. The number of halogens is 2. The maximum Gasteiger partial charge on any atom is 0.142 e. The van der Waals surface area contributed by atoms with Crippen LogP contribution < -0.4 is 10.1 Å². The summed E-state index contributed by atoms with van der Waals surface area (Å²) in [4.78, 5) is 0. The molecule has 1 unspecified atom stereocenters. The summed E-state index contributed by atoms with van der Waals surface area (Å²) in [5, 5.41) is 4.92. The number of hydrogen-bond acceptors (Lipinski definition) is 2. The Kier molecular flexibility index (Phi) is 5.10. The van der Waals surface area contributed by atoms with Gasteiger partial charge in [-0.15, -0.1) is 0 Å². The molecular formula is C17H21Cl2NO. The number of benzene rings is 1. The number of nitrogens with one attached hydrogen (secondary N) is 1. The maximum absolute atomic E-state index is 6.22. The smallest absolute Gasteiger partial charge is 0.142 e. The first-order valence-corrected chi connectivity index (χ1v) is 8.52. The van der Waals surface area contributed by atoms with Crippen LogP contribution in [-0.4, -0.2) is 13.2 Å². The summed E-state index contributed by atoms with van der Waals surface area (Å²) < 4.78 is 5.69. The minimum absolute atomic E-state index is 0.286. The molecule has 2 nitrogen and oxygen atoms in total. The third-order valence-corrected chi connectivity index (χ3v) is 4.79. The van der Waals surface area contributed by atoms with Crippen molar-refractivity contribution in [2.24, 2.45) is 0 Å². The molecule has 0 spiro atoms. The molecule has 0 amide bonds. The molecule has 1 aromatic rings. The van der Waals surface area contributed by atoms with Crippen molar-refractivity contribution < 1.29 is 4.74 Å². The standard InChI is InChI=1S/C17H21Cl2NO/c18-13-10-14-16(7-9-21-17(14)15(19)11-13)20-8-6-12-4-2-1-3-5-12/h4,10-11,16,20H,1-3,5-9H2. The summed E-state index contributed by atoms with van der Waals surface area (Å²) in [6.45, 7) is 1.70. The first kappa shape index (κ1) is 15.2. The Hall–Kier alpha value is -0.700. The van der Waals surface area contributed by atoms with Gasteiger partial charge < -0.3 is 10.1 Å². The number of rotatable bonds is 4.